The van der Waals surface area contributed by atoms with E-state index in [4.69, 9.17) is 9.47 Å². The zero-order chi connectivity index (χ0) is 22.6. The number of nitrogens with one attached hydrogen (secondary N) is 1. The fourth-order valence-electron chi connectivity index (χ4n) is 3.17. The number of rotatable bonds is 8. The van der Waals surface area contributed by atoms with Crippen LogP contribution in [0.5, 0.6) is 11.5 Å². The second-order valence-electron chi connectivity index (χ2n) is 7.98. The summed E-state index contributed by atoms with van der Waals surface area (Å²) in [4.78, 5) is 14.7. The molecule has 1 amide bonds. The average molecular weight is 445 g/mol. The van der Waals surface area contributed by atoms with Crippen molar-refractivity contribution in [1.29, 1.82) is 0 Å². The van der Waals surface area contributed by atoms with Gasteiger partial charge in [-0.05, 0) is 62.7 Å². The molecule has 0 unspecified atom stereocenters. The van der Waals surface area contributed by atoms with E-state index in [9.17, 15) is 13.2 Å². The molecule has 0 spiro atoms. The number of sulfonamides is 1. The highest BCUT2D eigenvalue weighted by molar-refractivity contribution is 7.92. The van der Waals surface area contributed by atoms with Crippen LogP contribution in [0.1, 0.15) is 27.2 Å². The minimum atomic E-state index is -3.82. The molecule has 1 N–H and O–H groups in total. The van der Waals surface area contributed by atoms with Crippen molar-refractivity contribution in [2.45, 2.75) is 32.1 Å². The maximum atomic E-state index is 13.0. The predicted octanol–water partition coefficient (Wildman–Crippen LogP) is 4.21. The van der Waals surface area contributed by atoms with Crippen molar-refractivity contribution < 1.29 is 22.7 Å². The van der Waals surface area contributed by atoms with E-state index in [1.165, 1.54) is 12.1 Å². The lowest BCUT2D eigenvalue weighted by molar-refractivity contribution is -0.127. The molecule has 0 fully saturated rings. The number of nitrogens with zero attached hydrogens (tertiary/aromatic N) is 1. The molecule has 2 aromatic carbocycles. The third kappa shape index (κ3) is 5.02. The first kappa shape index (κ1) is 22.7. The number of hydrogen-bond acceptors (Lipinski definition) is 5. The van der Waals surface area contributed by atoms with Crippen molar-refractivity contribution in [3.05, 3.63) is 55.1 Å². The van der Waals surface area contributed by atoms with E-state index in [2.05, 4.69) is 11.3 Å². The van der Waals surface area contributed by atoms with Gasteiger partial charge < -0.3 is 14.4 Å². The molecule has 8 heteroatoms. The third-order valence-corrected chi connectivity index (χ3v) is 6.23. The van der Waals surface area contributed by atoms with Crippen molar-refractivity contribution in [2.75, 3.05) is 29.4 Å². The van der Waals surface area contributed by atoms with Gasteiger partial charge in [-0.25, -0.2) is 8.42 Å². The fraction of sp³-hybridized carbons (Fsp3) is 0.348. The third-order valence-electron chi connectivity index (χ3n) is 4.83. The van der Waals surface area contributed by atoms with Gasteiger partial charge in [-0.2, -0.15) is 0 Å². The summed E-state index contributed by atoms with van der Waals surface area (Å²) < 4.78 is 39.6. The fourth-order valence-corrected chi connectivity index (χ4v) is 4.22. The maximum absolute atomic E-state index is 13.0. The van der Waals surface area contributed by atoms with E-state index in [-0.39, 0.29) is 24.0 Å². The Kier molecular flexibility index (Phi) is 6.59. The minimum Gasteiger partial charge on any atom is -0.494 e. The zero-order valence-corrected chi connectivity index (χ0v) is 18.9. The molecule has 1 heterocycles. The number of ether oxygens (including phenoxy) is 2. The van der Waals surface area contributed by atoms with Gasteiger partial charge in [-0.1, -0.05) is 13.0 Å². The smallest absolute Gasteiger partial charge is 0.261 e. The van der Waals surface area contributed by atoms with Gasteiger partial charge in [-0.15, -0.1) is 6.58 Å². The van der Waals surface area contributed by atoms with E-state index in [0.717, 1.165) is 6.42 Å². The highest BCUT2D eigenvalue weighted by Gasteiger charge is 2.37. The standard InChI is InChI=1S/C23H28N2O5S/c1-5-13-25-20-15-17(7-12-21(20)30-16-23(3,4)22(25)26)24-31(27,28)19-10-8-18(9-11-19)29-14-6-2/h5,7-12,15,24H,1,6,13-14,16H2,2-4H3. The molecule has 7 nitrogen and oxygen atoms in total. The van der Waals surface area contributed by atoms with Gasteiger partial charge in [0.2, 0.25) is 5.91 Å². The first-order valence-corrected chi connectivity index (χ1v) is 11.6. The lowest BCUT2D eigenvalue weighted by atomic mass is 9.93. The van der Waals surface area contributed by atoms with E-state index in [0.29, 0.717) is 29.5 Å². The Balaban J connectivity index is 1.89. The van der Waals surface area contributed by atoms with Crippen molar-refractivity contribution in [3.63, 3.8) is 0 Å². The van der Waals surface area contributed by atoms with Gasteiger partial charge in [0.1, 0.15) is 18.1 Å². The number of benzene rings is 2. The quantitative estimate of drug-likeness (QED) is 0.617. The first-order chi connectivity index (χ1) is 14.7. The summed E-state index contributed by atoms with van der Waals surface area (Å²) in [5, 5.41) is 0. The van der Waals surface area contributed by atoms with Crippen molar-refractivity contribution >= 4 is 27.3 Å². The molecule has 166 valence electrons. The van der Waals surface area contributed by atoms with Gasteiger partial charge in [0.05, 0.1) is 28.3 Å². The minimum absolute atomic E-state index is 0.114. The number of fused-ring (bicyclic) bond motifs is 1. The number of carbonyl (C=O) groups excluding carboxylic acids is 1. The second kappa shape index (κ2) is 9.01. The van der Waals surface area contributed by atoms with Crippen molar-refractivity contribution in [1.82, 2.24) is 0 Å². The summed E-state index contributed by atoms with van der Waals surface area (Å²) in [7, 11) is -3.82. The molecular formula is C23H28N2O5S. The summed E-state index contributed by atoms with van der Waals surface area (Å²) in [6.07, 6.45) is 2.49. The molecular weight excluding hydrogens is 416 g/mol. The van der Waals surface area contributed by atoms with E-state index in [1.807, 2.05) is 20.8 Å². The average Bonchev–Trinajstić information content (AvgIpc) is 2.83. The number of amides is 1. The molecule has 0 aromatic heterocycles. The largest absolute Gasteiger partial charge is 0.494 e. The Hall–Kier alpha value is -3.00. The lowest BCUT2D eigenvalue weighted by Gasteiger charge is -2.27. The number of carbonyl (C=O) groups is 1. The van der Waals surface area contributed by atoms with E-state index in [1.54, 1.807) is 41.3 Å². The van der Waals surface area contributed by atoms with Gasteiger partial charge in [0.15, 0.2) is 0 Å². The number of anilines is 2. The summed E-state index contributed by atoms with van der Waals surface area (Å²) in [5.74, 6) is 1.01. The molecule has 1 aliphatic heterocycles. The molecule has 0 atom stereocenters. The van der Waals surface area contributed by atoms with E-state index < -0.39 is 15.4 Å². The lowest BCUT2D eigenvalue weighted by Crippen LogP contribution is -2.42. The van der Waals surface area contributed by atoms with Crippen LogP contribution in [0.2, 0.25) is 0 Å². The molecule has 0 saturated heterocycles. The Morgan fingerprint density at radius 1 is 1.23 bits per heavy atom. The topological polar surface area (TPSA) is 84.9 Å². The van der Waals surface area contributed by atoms with Crippen LogP contribution in [-0.4, -0.2) is 34.1 Å². The normalized spacial score (nSPS) is 15.5. The molecule has 3 rings (SSSR count). The summed E-state index contributed by atoms with van der Waals surface area (Å²) >= 11 is 0. The molecule has 31 heavy (non-hydrogen) atoms. The summed E-state index contributed by atoms with van der Waals surface area (Å²) in [6, 6.07) is 11.1. The maximum Gasteiger partial charge on any atom is 0.261 e. The molecule has 2 aromatic rings. The van der Waals surface area contributed by atoms with Crippen molar-refractivity contribution in [2.24, 2.45) is 5.41 Å². The highest BCUT2D eigenvalue weighted by atomic mass is 32.2. The van der Waals surface area contributed by atoms with Crippen LogP contribution < -0.4 is 19.1 Å². The van der Waals surface area contributed by atoms with Crippen LogP contribution in [0.25, 0.3) is 0 Å². The van der Waals surface area contributed by atoms with Crippen LogP contribution in [0, 0.1) is 5.41 Å². The molecule has 0 saturated carbocycles. The Bertz CT molecular complexity index is 1060. The molecule has 1 aliphatic rings. The van der Waals surface area contributed by atoms with Gasteiger partial charge in [0.25, 0.3) is 10.0 Å². The van der Waals surface area contributed by atoms with Crippen LogP contribution in [0.3, 0.4) is 0 Å². The zero-order valence-electron chi connectivity index (χ0n) is 18.1. The predicted molar refractivity (Wildman–Crippen MR) is 121 cm³/mol. The monoisotopic (exact) mass is 444 g/mol. The van der Waals surface area contributed by atoms with Gasteiger partial charge in [0, 0.05) is 6.54 Å². The van der Waals surface area contributed by atoms with Crippen molar-refractivity contribution in [3.8, 4) is 11.5 Å². The van der Waals surface area contributed by atoms with Crippen LogP contribution in [-0.2, 0) is 14.8 Å². The Labute approximate surface area is 183 Å². The number of hydrogen-bond donors (Lipinski definition) is 1. The van der Waals surface area contributed by atoms with Crippen LogP contribution in [0.4, 0.5) is 11.4 Å². The summed E-state index contributed by atoms with van der Waals surface area (Å²) in [6.45, 7) is 10.4. The molecule has 0 radical (unpaired) electrons. The summed E-state index contributed by atoms with van der Waals surface area (Å²) in [5.41, 5.74) is 0.109. The Morgan fingerprint density at radius 3 is 2.58 bits per heavy atom. The Morgan fingerprint density at radius 2 is 1.94 bits per heavy atom. The van der Waals surface area contributed by atoms with Crippen LogP contribution in [0.15, 0.2) is 60.0 Å². The van der Waals surface area contributed by atoms with E-state index >= 15 is 0 Å². The first-order valence-electron chi connectivity index (χ1n) is 10.1. The highest BCUT2D eigenvalue weighted by Crippen LogP contribution is 2.38. The second-order valence-corrected chi connectivity index (χ2v) is 9.67. The van der Waals surface area contributed by atoms with Crippen LogP contribution >= 0.6 is 0 Å². The molecule has 0 bridgehead atoms. The SMILES string of the molecule is C=CCN1C(=O)C(C)(C)COc2ccc(NS(=O)(=O)c3ccc(OCCC)cc3)cc21. The van der Waals surface area contributed by atoms with Gasteiger partial charge in [-0.3, -0.25) is 9.52 Å². The molecule has 0 aliphatic carbocycles. The van der Waals surface area contributed by atoms with Gasteiger partial charge >= 0.3 is 0 Å².